The number of nitrogens with one attached hydrogen (secondary N) is 1. The largest absolute Gasteiger partial charge is 0.466 e. The van der Waals surface area contributed by atoms with Gasteiger partial charge in [-0.15, -0.1) is 0 Å². The number of carbonyl (C=O) groups is 2. The van der Waals surface area contributed by atoms with Gasteiger partial charge in [0.2, 0.25) is 5.91 Å². The number of rotatable bonds is 6. The van der Waals surface area contributed by atoms with E-state index >= 15 is 0 Å². The summed E-state index contributed by atoms with van der Waals surface area (Å²) < 4.78 is 34.4. The number of carbonyl (C=O) groups excluding carboxylic acids is 2. The Morgan fingerprint density at radius 1 is 1.21 bits per heavy atom. The van der Waals surface area contributed by atoms with Crippen molar-refractivity contribution >= 4 is 23.3 Å². The number of nitrogens with zero attached hydrogens (tertiary/aromatic N) is 2. The van der Waals surface area contributed by atoms with Gasteiger partial charge in [-0.2, -0.15) is 0 Å². The Kier molecular flexibility index (Phi) is 5.67. The van der Waals surface area contributed by atoms with Gasteiger partial charge in [-0.05, 0) is 43.7 Å². The molecule has 28 heavy (non-hydrogen) atoms. The van der Waals surface area contributed by atoms with E-state index in [1.807, 2.05) is 6.92 Å². The molecule has 0 radical (unpaired) electrons. The topological polar surface area (TPSA) is 72.7 Å². The van der Waals surface area contributed by atoms with Crippen molar-refractivity contribution in [3.8, 4) is 11.3 Å². The maximum atomic E-state index is 14.4. The SMILES string of the molecule is CCOC(=O)CCC(=O)Nc1c(-c2cccc(F)c2F)nc2cc(C)ccn12. The van der Waals surface area contributed by atoms with Crippen LogP contribution in [0.25, 0.3) is 16.9 Å². The first kappa shape index (κ1) is 19.5. The number of pyridine rings is 1. The van der Waals surface area contributed by atoms with Gasteiger partial charge in [-0.3, -0.25) is 14.0 Å². The summed E-state index contributed by atoms with van der Waals surface area (Å²) in [5.41, 5.74) is 1.43. The first-order valence-electron chi connectivity index (χ1n) is 8.79. The molecule has 2 aromatic heterocycles. The molecular weight excluding hydrogens is 368 g/mol. The molecule has 0 saturated carbocycles. The molecule has 3 rings (SSSR count). The van der Waals surface area contributed by atoms with E-state index in [1.54, 1.807) is 29.7 Å². The molecule has 6 nitrogen and oxygen atoms in total. The fourth-order valence-electron chi connectivity index (χ4n) is 2.78. The van der Waals surface area contributed by atoms with Gasteiger partial charge in [0, 0.05) is 18.2 Å². The summed E-state index contributed by atoms with van der Waals surface area (Å²) in [7, 11) is 0. The summed E-state index contributed by atoms with van der Waals surface area (Å²) in [6.45, 7) is 3.78. The molecule has 3 aromatic rings. The molecule has 0 saturated heterocycles. The number of hydrogen-bond donors (Lipinski definition) is 1. The number of benzene rings is 1. The van der Waals surface area contributed by atoms with Crippen LogP contribution in [0, 0.1) is 18.6 Å². The Hall–Kier alpha value is -3.29. The van der Waals surface area contributed by atoms with Crippen molar-refractivity contribution in [3.05, 3.63) is 53.7 Å². The monoisotopic (exact) mass is 387 g/mol. The molecule has 1 amide bonds. The van der Waals surface area contributed by atoms with Gasteiger partial charge in [0.15, 0.2) is 11.6 Å². The number of esters is 1. The average Bonchev–Trinajstić information content (AvgIpc) is 2.99. The number of aryl methyl sites for hydroxylation is 1. The van der Waals surface area contributed by atoms with Crippen molar-refractivity contribution in [2.24, 2.45) is 0 Å². The van der Waals surface area contributed by atoms with Crippen LogP contribution in [0.3, 0.4) is 0 Å². The van der Waals surface area contributed by atoms with Gasteiger partial charge in [0.05, 0.1) is 13.0 Å². The number of fused-ring (bicyclic) bond motifs is 1. The lowest BCUT2D eigenvalue weighted by Crippen LogP contribution is -2.16. The third-order valence-corrected chi connectivity index (χ3v) is 4.11. The normalized spacial score (nSPS) is 10.9. The van der Waals surface area contributed by atoms with Crippen molar-refractivity contribution in [2.75, 3.05) is 11.9 Å². The van der Waals surface area contributed by atoms with E-state index in [1.165, 1.54) is 12.1 Å². The van der Waals surface area contributed by atoms with E-state index in [9.17, 15) is 18.4 Å². The van der Waals surface area contributed by atoms with Gasteiger partial charge in [-0.25, -0.2) is 13.8 Å². The summed E-state index contributed by atoms with van der Waals surface area (Å²) in [4.78, 5) is 28.2. The molecule has 1 N–H and O–H groups in total. The molecule has 0 fully saturated rings. The highest BCUT2D eigenvalue weighted by atomic mass is 19.2. The van der Waals surface area contributed by atoms with Crippen molar-refractivity contribution < 1.29 is 23.1 Å². The fourth-order valence-corrected chi connectivity index (χ4v) is 2.78. The third kappa shape index (κ3) is 4.00. The molecule has 1 aromatic carbocycles. The molecule has 2 heterocycles. The predicted molar refractivity (Wildman–Crippen MR) is 99.8 cm³/mol. The Bertz CT molecular complexity index is 1050. The van der Waals surface area contributed by atoms with Gasteiger partial charge in [0.1, 0.15) is 17.2 Å². The lowest BCUT2D eigenvalue weighted by atomic mass is 10.1. The highest BCUT2D eigenvalue weighted by molar-refractivity contribution is 5.96. The minimum Gasteiger partial charge on any atom is -0.466 e. The number of aromatic nitrogens is 2. The first-order valence-corrected chi connectivity index (χ1v) is 8.79. The van der Waals surface area contributed by atoms with Crippen LogP contribution in [-0.2, 0) is 14.3 Å². The number of ether oxygens (including phenoxy) is 1. The Morgan fingerprint density at radius 3 is 2.75 bits per heavy atom. The van der Waals surface area contributed by atoms with Crippen LogP contribution >= 0.6 is 0 Å². The molecule has 0 aliphatic heterocycles. The van der Waals surface area contributed by atoms with Crippen molar-refractivity contribution in [1.29, 1.82) is 0 Å². The van der Waals surface area contributed by atoms with Gasteiger partial charge in [-0.1, -0.05) is 6.07 Å². The minimum atomic E-state index is -1.05. The molecule has 0 aliphatic carbocycles. The highest BCUT2D eigenvalue weighted by Gasteiger charge is 2.21. The van der Waals surface area contributed by atoms with Crippen LogP contribution in [-0.4, -0.2) is 27.9 Å². The number of imidazole rings is 1. The van der Waals surface area contributed by atoms with Gasteiger partial charge >= 0.3 is 5.97 Å². The van der Waals surface area contributed by atoms with Crippen molar-refractivity contribution in [1.82, 2.24) is 9.38 Å². The summed E-state index contributed by atoms with van der Waals surface area (Å²) in [6, 6.07) is 7.33. The maximum Gasteiger partial charge on any atom is 0.306 e. The maximum absolute atomic E-state index is 14.4. The highest BCUT2D eigenvalue weighted by Crippen LogP contribution is 2.32. The van der Waals surface area contributed by atoms with E-state index in [-0.39, 0.29) is 36.5 Å². The number of anilines is 1. The molecule has 0 aliphatic rings. The fraction of sp³-hybridized carbons (Fsp3) is 0.250. The van der Waals surface area contributed by atoms with Gasteiger partial charge < -0.3 is 10.1 Å². The van der Waals surface area contributed by atoms with Crippen LogP contribution in [0.2, 0.25) is 0 Å². The Morgan fingerprint density at radius 2 is 2.00 bits per heavy atom. The lowest BCUT2D eigenvalue weighted by molar-refractivity contribution is -0.144. The molecule has 8 heteroatoms. The third-order valence-electron chi connectivity index (χ3n) is 4.11. The predicted octanol–water partition coefficient (Wildman–Crippen LogP) is 3.87. The summed E-state index contributed by atoms with van der Waals surface area (Å²) in [6.07, 6.45) is 1.49. The second kappa shape index (κ2) is 8.16. The van der Waals surface area contributed by atoms with Crippen LogP contribution in [0.5, 0.6) is 0 Å². The van der Waals surface area contributed by atoms with Crippen molar-refractivity contribution in [2.45, 2.75) is 26.7 Å². The molecule has 0 spiro atoms. The summed E-state index contributed by atoms with van der Waals surface area (Å²) in [5.74, 6) is -2.81. The van der Waals surface area contributed by atoms with Crippen LogP contribution in [0.4, 0.5) is 14.6 Å². The van der Waals surface area contributed by atoms with E-state index in [4.69, 9.17) is 4.74 Å². The summed E-state index contributed by atoms with van der Waals surface area (Å²) >= 11 is 0. The molecule has 146 valence electrons. The van der Waals surface area contributed by atoms with Crippen molar-refractivity contribution in [3.63, 3.8) is 0 Å². The minimum absolute atomic E-state index is 0.0676. The van der Waals surface area contributed by atoms with E-state index in [0.717, 1.165) is 11.6 Å². The lowest BCUT2D eigenvalue weighted by Gasteiger charge is -2.09. The number of amides is 1. The van der Waals surface area contributed by atoms with E-state index < -0.39 is 23.5 Å². The molecule has 0 bridgehead atoms. The molecular formula is C20H19F2N3O3. The van der Waals surface area contributed by atoms with Crippen LogP contribution < -0.4 is 5.32 Å². The van der Waals surface area contributed by atoms with Gasteiger partial charge in [0.25, 0.3) is 0 Å². The molecule has 0 atom stereocenters. The van der Waals surface area contributed by atoms with E-state index in [0.29, 0.717) is 5.65 Å². The number of hydrogen-bond acceptors (Lipinski definition) is 4. The number of halogens is 2. The zero-order chi connectivity index (χ0) is 20.3. The quantitative estimate of drug-likeness (QED) is 0.652. The standard InChI is InChI=1S/C20H19F2N3O3/c1-3-28-17(27)8-7-16(26)24-20-19(13-5-4-6-14(21)18(13)22)23-15-11-12(2)9-10-25(15)20/h4-6,9-11H,3,7-8H2,1-2H3,(H,24,26). The second-order valence-electron chi connectivity index (χ2n) is 6.20. The average molecular weight is 387 g/mol. The molecule has 0 unspecified atom stereocenters. The first-order chi connectivity index (χ1) is 13.4. The van der Waals surface area contributed by atoms with Crippen LogP contribution in [0.15, 0.2) is 36.5 Å². The van der Waals surface area contributed by atoms with Crippen LogP contribution in [0.1, 0.15) is 25.3 Å². The zero-order valence-electron chi connectivity index (χ0n) is 15.5. The smallest absolute Gasteiger partial charge is 0.306 e. The van der Waals surface area contributed by atoms with E-state index in [2.05, 4.69) is 10.3 Å². The zero-order valence-corrected chi connectivity index (χ0v) is 15.5. The Balaban J connectivity index is 1.99. The second-order valence-corrected chi connectivity index (χ2v) is 6.20. The Labute approximate surface area is 160 Å². The summed E-state index contributed by atoms with van der Waals surface area (Å²) in [5, 5.41) is 2.66.